The first-order chi connectivity index (χ1) is 9.65. The van der Waals surface area contributed by atoms with E-state index in [4.69, 9.17) is 0 Å². The number of hydrogen-bond acceptors (Lipinski definition) is 4. The van der Waals surface area contributed by atoms with E-state index in [2.05, 4.69) is 35.0 Å². The summed E-state index contributed by atoms with van der Waals surface area (Å²) in [5.41, 5.74) is 7.41. The SMILES string of the molecule is CC(C)NNC1CCC(C(=O)Nc2ccncc2)CC1.Cl.Cl. The topological polar surface area (TPSA) is 66.0 Å². The van der Waals surface area contributed by atoms with Crippen LogP contribution < -0.4 is 16.2 Å². The number of amides is 1. The molecule has 1 aliphatic carbocycles. The first kappa shape index (κ1) is 21.1. The zero-order chi connectivity index (χ0) is 14.4. The molecule has 3 N–H and O–H groups in total. The monoisotopic (exact) mass is 348 g/mol. The maximum absolute atomic E-state index is 12.2. The molecule has 1 aromatic rings. The fraction of sp³-hybridized carbons (Fsp3) is 0.600. The highest BCUT2D eigenvalue weighted by atomic mass is 35.5. The Morgan fingerprint density at radius 2 is 1.73 bits per heavy atom. The predicted molar refractivity (Wildman–Crippen MR) is 94.5 cm³/mol. The van der Waals surface area contributed by atoms with Crippen LogP contribution in [0.15, 0.2) is 24.5 Å². The van der Waals surface area contributed by atoms with Crippen LogP contribution in [0.4, 0.5) is 5.69 Å². The summed E-state index contributed by atoms with van der Waals surface area (Å²) >= 11 is 0. The summed E-state index contributed by atoms with van der Waals surface area (Å²) in [5.74, 6) is 0.256. The molecule has 1 amide bonds. The molecule has 0 aromatic carbocycles. The molecule has 126 valence electrons. The van der Waals surface area contributed by atoms with Crippen molar-refractivity contribution < 1.29 is 4.79 Å². The lowest BCUT2D eigenvalue weighted by Gasteiger charge is -2.29. The van der Waals surface area contributed by atoms with Gasteiger partial charge in [-0.3, -0.25) is 20.6 Å². The third kappa shape index (κ3) is 6.92. The third-order valence-corrected chi connectivity index (χ3v) is 3.62. The van der Waals surface area contributed by atoms with E-state index < -0.39 is 0 Å². The number of halogens is 2. The van der Waals surface area contributed by atoms with Crippen LogP contribution in [-0.2, 0) is 4.79 Å². The van der Waals surface area contributed by atoms with Gasteiger partial charge in [0.1, 0.15) is 0 Å². The highest BCUT2D eigenvalue weighted by Gasteiger charge is 2.26. The largest absolute Gasteiger partial charge is 0.326 e. The van der Waals surface area contributed by atoms with Gasteiger partial charge in [0.15, 0.2) is 0 Å². The molecule has 1 aromatic heterocycles. The van der Waals surface area contributed by atoms with Gasteiger partial charge < -0.3 is 5.32 Å². The van der Waals surface area contributed by atoms with Crippen LogP contribution >= 0.6 is 24.8 Å². The molecule has 1 saturated carbocycles. The van der Waals surface area contributed by atoms with Gasteiger partial charge in [0.25, 0.3) is 0 Å². The number of pyridine rings is 1. The van der Waals surface area contributed by atoms with E-state index in [0.717, 1.165) is 31.4 Å². The molecule has 1 fully saturated rings. The number of hydrogen-bond donors (Lipinski definition) is 3. The highest BCUT2D eigenvalue weighted by Crippen LogP contribution is 2.25. The second kappa shape index (κ2) is 10.8. The lowest BCUT2D eigenvalue weighted by Crippen LogP contribution is -2.46. The molecule has 22 heavy (non-hydrogen) atoms. The van der Waals surface area contributed by atoms with E-state index >= 15 is 0 Å². The van der Waals surface area contributed by atoms with Crippen molar-refractivity contribution in [3.63, 3.8) is 0 Å². The molecule has 0 bridgehead atoms. The summed E-state index contributed by atoms with van der Waals surface area (Å²) in [6, 6.07) is 4.54. The summed E-state index contributed by atoms with van der Waals surface area (Å²) in [5, 5.41) is 2.96. The molecule has 1 aliphatic rings. The number of hydrazine groups is 1. The minimum atomic E-state index is 0. The highest BCUT2D eigenvalue weighted by molar-refractivity contribution is 5.92. The normalized spacial score (nSPS) is 20.7. The maximum Gasteiger partial charge on any atom is 0.227 e. The second-order valence-corrected chi connectivity index (χ2v) is 5.72. The Hall–Kier alpha value is -0.880. The number of carbonyl (C=O) groups excluding carboxylic acids is 1. The lowest BCUT2D eigenvalue weighted by atomic mass is 9.85. The zero-order valence-corrected chi connectivity index (χ0v) is 14.7. The van der Waals surface area contributed by atoms with E-state index in [1.165, 1.54) is 0 Å². The van der Waals surface area contributed by atoms with Crippen LogP contribution in [0.2, 0.25) is 0 Å². The summed E-state index contributed by atoms with van der Waals surface area (Å²) in [4.78, 5) is 16.1. The average Bonchev–Trinajstić information content (AvgIpc) is 2.46. The van der Waals surface area contributed by atoms with Gasteiger partial charge in [0, 0.05) is 36.1 Å². The molecule has 1 heterocycles. The summed E-state index contributed by atoms with van der Waals surface area (Å²) in [7, 11) is 0. The minimum absolute atomic E-state index is 0. The zero-order valence-electron chi connectivity index (χ0n) is 13.0. The maximum atomic E-state index is 12.2. The molecular formula is C15H26Cl2N4O. The Morgan fingerprint density at radius 3 is 2.27 bits per heavy atom. The Morgan fingerprint density at radius 1 is 1.14 bits per heavy atom. The summed E-state index contributed by atoms with van der Waals surface area (Å²) in [6.45, 7) is 4.22. The molecule has 0 spiro atoms. The lowest BCUT2D eigenvalue weighted by molar-refractivity contribution is -0.120. The van der Waals surface area contributed by atoms with Crippen LogP contribution in [0.5, 0.6) is 0 Å². The van der Waals surface area contributed by atoms with Crippen molar-refractivity contribution in [3.8, 4) is 0 Å². The van der Waals surface area contributed by atoms with Gasteiger partial charge in [-0.15, -0.1) is 24.8 Å². The second-order valence-electron chi connectivity index (χ2n) is 5.72. The van der Waals surface area contributed by atoms with Gasteiger partial charge in [-0.05, 0) is 51.7 Å². The number of rotatable bonds is 5. The Bertz CT molecular complexity index is 423. The molecular weight excluding hydrogens is 323 g/mol. The van der Waals surface area contributed by atoms with Gasteiger partial charge in [-0.25, -0.2) is 0 Å². The minimum Gasteiger partial charge on any atom is -0.326 e. The molecule has 7 heteroatoms. The van der Waals surface area contributed by atoms with E-state index in [0.29, 0.717) is 12.1 Å². The van der Waals surface area contributed by atoms with E-state index in [9.17, 15) is 4.79 Å². The van der Waals surface area contributed by atoms with Crippen molar-refractivity contribution in [2.24, 2.45) is 5.92 Å². The van der Waals surface area contributed by atoms with Crippen molar-refractivity contribution >= 4 is 36.4 Å². The van der Waals surface area contributed by atoms with Gasteiger partial charge in [-0.2, -0.15) is 0 Å². The smallest absolute Gasteiger partial charge is 0.227 e. The van der Waals surface area contributed by atoms with E-state index in [1.807, 2.05) is 12.1 Å². The van der Waals surface area contributed by atoms with Crippen LogP contribution in [0.25, 0.3) is 0 Å². The number of nitrogens with one attached hydrogen (secondary N) is 3. The van der Waals surface area contributed by atoms with Crippen molar-refractivity contribution in [2.75, 3.05) is 5.32 Å². The van der Waals surface area contributed by atoms with Gasteiger partial charge in [-0.1, -0.05) is 0 Å². The van der Waals surface area contributed by atoms with Crippen molar-refractivity contribution in [1.29, 1.82) is 0 Å². The van der Waals surface area contributed by atoms with E-state index in [1.54, 1.807) is 12.4 Å². The standard InChI is InChI=1S/C15H24N4O.2ClH/c1-11(2)18-19-14-5-3-12(4-6-14)15(20)17-13-7-9-16-10-8-13;;/h7-12,14,18-19H,3-6H2,1-2H3,(H,16,17,20);2*1H. The molecule has 0 unspecified atom stereocenters. The number of carbonyl (C=O) groups is 1. The van der Waals surface area contributed by atoms with Crippen molar-refractivity contribution in [3.05, 3.63) is 24.5 Å². The quantitative estimate of drug-likeness (QED) is 0.715. The predicted octanol–water partition coefficient (Wildman–Crippen LogP) is 2.93. The van der Waals surface area contributed by atoms with Gasteiger partial charge in [0.2, 0.25) is 5.91 Å². The Labute approximate surface area is 144 Å². The van der Waals surface area contributed by atoms with Crippen LogP contribution in [-0.4, -0.2) is 23.0 Å². The number of aromatic nitrogens is 1. The summed E-state index contributed by atoms with van der Waals surface area (Å²) < 4.78 is 0. The third-order valence-electron chi connectivity index (χ3n) is 3.62. The fourth-order valence-corrected chi connectivity index (χ4v) is 2.46. The first-order valence-electron chi connectivity index (χ1n) is 7.37. The van der Waals surface area contributed by atoms with Gasteiger partial charge >= 0.3 is 0 Å². The van der Waals surface area contributed by atoms with Gasteiger partial charge in [0.05, 0.1) is 0 Å². The first-order valence-corrected chi connectivity index (χ1v) is 7.37. The van der Waals surface area contributed by atoms with Crippen LogP contribution in [0.1, 0.15) is 39.5 Å². The molecule has 0 aliphatic heterocycles. The number of nitrogens with zero attached hydrogens (tertiary/aromatic N) is 1. The van der Waals surface area contributed by atoms with Crippen LogP contribution in [0.3, 0.4) is 0 Å². The molecule has 2 rings (SSSR count). The number of anilines is 1. The molecule has 0 radical (unpaired) electrons. The average molecular weight is 349 g/mol. The Balaban J connectivity index is 0.00000220. The molecule has 0 saturated heterocycles. The fourth-order valence-electron chi connectivity index (χ4n) is 2.46. The summed E-state index contributed by atoms with van der Waals surface area (Å²) in [6.07, 6.45) is 7.33. The Kier molecular flexibility index (Phi) is 10.3. The van der Waals surface area contributed by atoms with Crippen molar-refractivity contribution in [2.45, 2.75) is 51.6 Å². The van der Waals surface area contributed by atoms with E-state index in [-0.39, 0.29) is 36.6 Å². The molecule has 5 nitrogen and oxygen atoms in total. The van der Waals surface area contributed by atoms with Crippen LogP contribution in [0, 0.1) is 5.92 Å². The van der Waals surface area contributed by atoms with Crippen molar-refractivity contribution in [1.82, 2.24) is 15.8 Å². The molecule has 0 atom stereocenters.